The lowest BCUT2D eigenvalue weighted by atomic mass is 9.91. The molecule has 1 saturated carbocycles. The molecule has 2 aromatic rings. The molecule has 3 N–H and O–H groups in total. The minimum Gasteiger partial charge on any atom is -0.508 e. The van der Waals surface area contributed by atoms with Gasteiger partial charge in [-0.1, -0.05) is 12.1 Å². The highest BCUT2D eigenvalue weighted by atomic mass is 19.4. The summed E-state index contributed by atoms with van der Waals surface area (Å²) in [6.45, 7) is -0.0971. The number of halogens is 3. The van der Waals surface area contributed by atoms with Crippen molar-refractivity contribution >= 4 is 17.6 Å². The molecule has 2 amide bonds. The fourth-order valence-electron chi connectivity index (χ4n) is 4.52. The van der Waals surface area contributed by atoms with Crippen molar-refractivity contribution in [1.82, 2.24) is 10.6 Å². The normalized spacial score (nSPS) is 22.8. The zero-order valence-electron chi connectivity index (χ0n) is 18.0. The second-order valence-corrected chi connectivity index (χ2v) is 8.55. The average Bonchev–Trinajstić information content (AvgIpc) is 3.32. The number of nitrogens with one attached hydrogen (secondary N) is 2. The number of alkyl halides is 3. The Morgan fingerprint density at radius 3 is 2.59 bits per heavy atom. The van der Waals surface area contributed by atoms with Crippen LogP contribution in [-0.2, 0) is 26.9 Å². The van der Waals surface area contributed by atoms with E-state index in [4.69, 9.17) is 4.74 Å². The number of fused-ring (bicyclic) bond motifs is 1. The minimum atomic E-state index is -4.54. The van der Waals surface area contributed by atoms with Crippen LogP contribution in [0.4, 0.5) is 13.2 Å². The van der Waals surface area contributed by atoms with Crippen molar-refractivity contribution in [2.45, 2.75) is 49.5 Å². The first kappa shape index (κ1) is 23.7. The summed E-state index contributed by atoms with van der Waals surface area (Å²) >= 11 is 0. The molecule has 2 aliphatic rings. The van der Waals surface area contributed by atoms with E-state index in [9.17, 15) is 32.7 Å². The third-order valence-electron chi connectivity index (χ3n) is 6.29. The Balaban J connectivity index is 1.56. The molecule has 3 unspecified atom stereocenters. The third kappa shape index (κ3) is 4.77. The molecule has 7 nitrogen and oxygen atoms in total. The molecule has 1 aliphatic carbocycles. The number of ether oxygens (including phenoxy) is 1. The number of aromatic hydroxyl groups is 1. The number of rotatable bonds is 6. The van der Waals surface area contributed by atoms with Gasteiger partial charge in [0.2, 0.25) is 5.91 Å². The number of ketones is 1. The van der Waals surface area contributed by atoms with Gasteiger partial charge in [0.15, 0.2) is 5.78 Å². The zero-order valence-corrected chi connectivity index (χ0v) is 18.0. The van der Waals surface area contributed by atoms with Gasteiger partial charge in [0.1, 0.15) is 23.9 Å². The van der Waals surface area contributed by atoms with E-state index in [0.29, 0.717) is 24.8 Å². The van der Waals surface area contributed by atoms with Gasteiger partial charge >= 0.3 is 6.18 Å². The van der Waals surface area contributed by atoms with Crippen LogP contribution in [0, 0.1) is 0 Å². The zero-order chi connectivity index (χ0) is 24.5. The van der Waals surface area contributed by atoms with Gasteiger partial charge in [-0.25, -0.2) is 0 Å². The summed E-state index contributed by atoms with van der Waals surface area (Å²) in [7, 11) is 0. The highest BCUT2D eigenvalue weighted by molar-refractivity contribution is 6.00. The van der Waals surface area contributed by atoms with E-state index >= 15 is 0 Å². The molecule has 0 aromatic heterocycles. The Morgan fingerprint density at radius 2 is 1.91 bits per heavy atom. The molecule has 10 heteroatoms. The maximum Gasteiger partial charge on any atom is 0.416 e. The monoisotopic (exact) mass is 476 g/mol. The molecular formula is C24H23F3N2O5. The van der Waals surface area contributed by atoms with Crippen LogP contribution in [0.5, 0.6) is 5.75 Å². The van der Waals surface area contributed by atoms with Crippen molar-refractivity contribution in [3.05, 3.63) is 65.2 Å². The van der Waals surface area contributed by atoms with E-state index in [0.717, 1.165) is 24.3 Å². The predicted molar refractivity (Wildman–Crippen MR) is 114 cm³/mol. The molecule has 2 aromatic carbocycles. The lowest BCUT2D eigenvalue weighted by molar-refractivity contribution is -0.137. The number of carbonyl (C=O) groups excluding carboxylic acids is 3. The van der Waals surface area contributed by atoms with Crippen LogP contribution in [0.25, 0.3) is 0 Å². The molecule has 34 heavy (non-hydrogen) atoms. The summed E-state index contributed by atoms with van der Waals surface area (Å²) < 4.78 is 44.0. The Bertz CT molecular complexity index is 1100. The fraction of sp³-hybridized carbons (Fsp3) is 0.375. The minimum absolute atomic E-state index is 0.0115. The van der Waals surface area contributed by atoms with Crippen molar-refractivity contribution in [3.8, 4) is 5.75 Å². The van der Waals surface area contributed by atoms with Gasteiger partial charge < -0.3 is 20.5 Å². The van der Waals surface area contributed by atoms with Crippen molar-refractivity contribution in [3.63, 3.8) is 0 Å². The summed E-state index contributed by atoms with van der Waals surface area (Å²) in [6, 6.07) is 8.61. The molecule has 0 radical (unpaired) electrons. The maximum absolute atomic E-state index is 13.3. The predicted octanol–water partition coefficient (Wildman–Crippen LogP) is 2.76. The van der Waals surface area contributed by atoms with E-state index in [1.54, 1.807) is 12.1 Å². The first-order chi connectivity index (χ1) is 16.1. The topological polar surface area (TPSA) is 105 Å². The lowest BCUT2D eigenvalue weighted by Gasteiger charge is -2.30. The fourth-order valence-corrected chi connectivity index (χ4v) is 4.52. The number of phenolic OH excluding ortho intramolecular Hbond substituents is 1. The number of hydrogen-bond acceptors (Lipinski definition) is 5. The highest BCUT2D eigenvalue weighted by Crippen LogP contribution is 2.38. The molecule has 0 spiro atoms. The number of carbonyl (C=O) groups is 3. The Kier molecular flexibility index (Phi) is 6.35. The van der Waals surface area contributed by atoms with Crippen molar-refractivity contribution in [1.29, 1.82) is 0 Å². The first-order valence-electron chi connectivity index (χ1n) is 10.8. The molecule has 4 rings (SSSR count). The largest absolute Gasteiger partial charge is 0.508 e. The second kappa shape index (κ2) is 9.09. The van der Waals surface area contributed by atoms with Crippen LogP contribution in [0.3, 0.4) is 0 Å². The van der Waals surface area contributed by atoms with Gasteiger partial charge in [-0.05, 0) is 61.2 Å². The number of benzene rings is 2. The summed E-state index contributed by atoms with van der Waals surface area (Å²) in [5, 5.41) is 15.1. The van der Waals surface area contributed by atoms with Crippen LogP contribution >= 0.6 is 0 Å². The second-order valence-electron chi connectivity index (χ2n) is 8.55. The Hall–Kier alpha value is -3.40. The quantitative estimate of drug-likeness (QED) is 0.595. The van der Waals surface area contributed by atoms with Crippen LogP contribution in [0.1, 0.15) is 40.7 Å². The van der Waals surface area contributed by atoms with E-state index < -0.39 is 41.2 Å². The van der Waals surface area contributed by atoms with Gasteiger partial charge in [-0.2, -0.15) is 13.2 Å². The van der Waals surface area contributed by atoms with E-state index in [-0.39, 0.29) is 30.1 Å². The lowest BCUT2D eigenvalue weighted by Crippen LogP contribution is -2.60. The third-order valence-corrected chi connectivity index (χ3v) is 6.29. The molecule has 3 atom stereocenters. The first-order valence-corrected chi connectivity index (χ1v) is 10.8. The van der Waals surface area contributed by atoms with Crippen LogP contribution in [-0.4, -0.2) is 47.0 Å². The van der Waals surface area contributed by atoms with Gasteiger partial charge in [0.05, 0.1) is 11.7 Å². The number of phenols is 1. The maximum atomic E-state index is 13.3. The Labute approximate surface area is 193 Å². The van der Waals surface area contributed by atoms with Crippen molar-refractivity contribution in [2.24, 2.45) is 0 Å². The summed E-state index contributed by atoms with van der Waals surface area (Å²) in [4.78, 5) is 38.6. The van der Waals surface area contributed by atoms with Gasteiger partial charge in [0, 0.05) is 12.0 Å². The molecule has 2 fully saturated rings. The van der Waals surface area contributed by atoms with Crippen LogP contribution in [0.2, 0.25) is 0 Å². The number of Topliss-reactive ketones (excluding diaryl/α,β-unsaturated/α-hetero) is 1. The number of hydrogen-bond donors (Lipinski definition) is 3. The van der Waals surface area contributed by atoms with E-state index in [1.807, 2.05) is 0 Å². The van der Waals surface area contributed by atoms with Gasteiger partial charge in [0.25, 0.3) is 5.91 Å². The van der Waals surface area contributed by atoms with Gasteiger partial charge in [-0.3, -0.25) is 14.4 Å². The van der Waals surface area contributed by atoms with Crippen molar-refractivity contribution in [2.75, 3.05) is 6.61 Å². The van der Waals surface area contributed by atoms with E-state index in [1.165, 1.54) is 12.1 Å². The summed E-state index contributed by atoms with van der Waals surface area (Å²) in [5.74, 6) is -1.62. The summed E-state index contributed by atoms with van der Waals surface area (Å²) in [6.07, 6.45) is -3.24. The van der Waals surface area contributed by atoms with E-state index in [2.05, 4.69) is 10.6 Å². The molecule has 0 bridgehead atoms. The SMILES string of the molecule is O=C(NC(Cc1cccc(O)c1)C(=O)NC12CCCC1OCC2=O)c1ccc(C(F)(F)F)cc1. The standard InChI is InChI=1S/C24H23F3N2O5/c25-24(26,27)16-8-6-15(7-9-16)21(32)28-18(12-14-3-1-4-17(30)11-14)22(33)29-23-10-2-5-20(23)34-13-19(23)31/h1,3-4,6-9,11,18,20,30H,2,5,10,12-13H2,(H,28,32)(H,29,33). The molecule has 1 aliphatic heterocycles. The van der Waals surface area contributed by atoms with Crippen LogP contribution in [0.15, 0.2) is 48.5 Å². The van der Waals surface area contributed by atoms with Gasteiger partial charge in [-0.15, -0.1) is 0 Å². The van der Waals surface area contributed by atoms with Crippen LogP contribution < -0.4 is 10.6 Å². The van der Waals surface area contributed by atoms with Crippen molar-refractivity contribution < 1.29 is 37.4 Å². The Morgan fingerprint density at radius 1 is 1.18 bits per heavy atom. The molecule has 180 valence electrons. The molecular weight excluding hydrogens is 453 g/mol. The number of amides is 2. The highest BCUT2D eigenvalue weighted by Gasteiger charge is 2.55. The smallest absolute Gasteiger partial charge is 0.416 e. The summed E-state index contributed by atoms with van der Waals surface area (Å²) in [5.41, 5.74) is -1.56. The average molecular weight is 476 g/mol. The molecule has 1 heterocycles. The molecule has 1 saturated heterocycles.